The quantitative estimate of drug-likeness (QED) is 0.716. The molecule has 0 aliphatic rings. The zero-order chi connectivity index (χ0) is 12.7. The minimum absolute atomic E-state index is 1.09. The van der Waals surface area contributed by atoms with Crippen molar-refractivity contribution in [1.29, 1.82) is 0 Å². The van der Waals surface area contributed by atoms with Gasteiger partial charge in [0.1, 0.15) is 0 Å². The summed E-state index contributed by atoms with van der Waals surface area (Å²) in [7, 11) is 4.15. The Bertz CT molecular complexity index is 332. The Kier molecular flexibility index (Phi) is 5.88. The van der Waals surface area contributed by atoms with Gasteiger partial charge in [-0.15, -0.1) is 0 Å². The van der Waals surface area contributed by atoms with Gasteiger partial charge in [-0.1, -0.05) is 26.2 Å². The molecule has 0 aliphatic heterocycles. The Morgan fingerprint density at radius 2 is 1.88 bits per heavy atom. The molecule has 0 atom stereocenters. The molecular formula is C15H26N2. The molecule has 96 valence electrons. The van der Waals surface area contributed by atoms with E-state index in [1.807, 2.05) is 0 Å². The van der Waals surface area contributed by atoms with Gasteiger partial charge in [-0.2, -0.15) is 0 Å². The maximum absolute atomic E-state index is 3.52. The molecule has 1 aromatic carbocycles. The van der Waals surface area contributed by atoms with Crippen molar-refractivity contribution in [2.45, 2.75) is 39.5 Å². The van der Waals surface area contributed by atoms with Crippen LogP contribution in [0.4, 0.5) is 11.4 Å². The summed E-state index contributed by atoms with van der Waals surface area (Å²) in [5, 5.41) is 3.52. The Morgan fingerprint density at radius 1 is 1.12 bits per heavy atom. The van der Waals surface area contributed by atoms with E-state index in [-0.39, 0.29) is 0 Å². The number of benzene rings is 1. The number of hydrogen-bond acceptors (Lipinski definition) is 2. The molecule has 0 saturated heterocycles. The molecule has 0 bridgehead atoms. The Hall–Kier alpha value is -1.18. The van der Waals surface area contributed by atoms with Crippen molar-refractivity contribution < 1.29 is 0 Å². The highest BCUT2D eigenvalue weighted by Gasteiger charge is 2.00. The maximum Gasteiger partial charge on any atom is 0.0371 e. The molecule has 0 aromatic heterocycles. The van der Waals surface area contributed by atoms with Crippen molar-refractivity contribution in [3.05, 3.63) is 23.8 Å². The van der Waals surface area contributed by atoms with Gasteiger partial charge in [0.05, 0.1) is 0 Å². The van der Waals surface area contributed by atoms with Crippen molar-refractivity contribution in [2.24, 2.45) is 0 Å². The Morgan fingerprint density at radius 3 is 2.47 bits per heavy atom. The standard InChI is InChI=1S/C15H26N2/c1-5-6-7-8-11-16-15-10-9-14(17(3)4)12-13(15)2/h9-10,12,16H,5-8,11H2,1-4H3. The molecule has 0 heterocycles. The van der Waals surface area contributed by atoms with E-state index in [9.17, 15) is 0 Å². The largest absolute Gasteiger partial charge is 0.385 e. The number of rotatable bonds is 7. The normalized spacial score (nSPS) is 10.4. The third-order valence-electron chi connectivity index (χ3n) is 3.07. The van der Waals surface area contributed by atoms with Gasteiger partial charge < -0.3 is 10.2 Å². The van der Waals surface area contributed by atoms with Gasteiger partial charge in [-0.05, 0) is 37.1 Å². The third-order valence-corrected chi connectivity index (χ3v) is 3.07. The second-order valence-electron chi connectivity index (χ2n) is 4.88. The number of hydrogen-bond donors (Lipinski definition) is 1. The molecule has 0 unspecified atom stereocenters. The van der Waals surface area contributed by atoms with Crippen LogP contribution in [0.1, 0.15) is 38.2 Å². The van der Waals surface area contributed by atoms with E-state index >= 15 is 0 Å². The van der Waals surface area contributed by atoms with E-state index in [2.05, 4.69) is 56.4 Å². The van der Waals surface area contributed by atoms with Crippen molar-refractivity contribution in [1.82, 2.24) is 0 Å². The average molecular weight is 234 g/mol. The summed E-state index contributed by atoms with van der Waals surface area (Å²) in [6.07, 6.45) is 5.25. The number of unbranched alkanes of at least 4 members (excludes halogenated alkanes) is 3. The minimum Gasteiger partial charge on any atom is -0.385 e. The summed E-state index contributed by atoms with van der Waals surface area (Å²) >= 11 is 0. The van der Waals surface area contributed by atoms with Gasteiger partial charge in [-0.3, -0.25) is 0 Å². The summed E-state index contributed by atoms with van der Waals surface area (Å²) in [4.78, 5) is 2.14. The third kappa shape index (κ3) is 4.68. The summed E-state index contributed by atoms with van der Waals surface area (Å²) in [5.41, 5.74) is 3.86. The van der Waals surface area contributed by atoms with Gasteiger partial charge >= 0.3 is 0 Å². The van der Waals surface area contributed by atoms with Crippen LogP contribution in [0.25, 0.3) is 0 Å². The molecule has 2 nitrogen and oxygen atoms in total. The zero-order valence-electron chi connectivity index (χ0n) is 11.7. The molecule has 0 spiro atoms. The molecular weight excluding hydrogens is 208 g/mol. The highest BCUT2D eigenvalue weighted by atomic mass is 15.1. The van der Waals surface area contributed by atoms with Crippen molar-refractivity contribution >= 4 is 11.4 Å². The van der Waals surface area contributed by atoms with Gasteiger partial charge in [0.25, 0.3) is 0 Å². The SMILES string of the molecule is CCCCCCNc1ccc(N(C)C)cc1C. The van der Waals surface area contributed by atoms with Crippen LogP contribution in [0.15, 0.2) is 18.2 Å². The maximum atomic E-state index is 3.52. The van der Waals surface area contributed by atoms with Crippen LogP contribution in [0.2, 0.25) is 0 Å². The van der Waals surface area contributed by atoms with Crippen molar-refractivity contribution in [2.75, 3.05) is 30.9 Å². The molecule has 1 aromatic rings. The molecule has 0 radical (unpaired) electrons. The summed E-state index contributed by atoms with van der Waals surface area (Å²) in [5.74, 6) is 0. The Labute approximate surface area is 106 Å². The van der Waals surface area contributed by atoms with E-state index in [4.69, 9.17) is 0 Å². The molecule has 0 amide bonds. The monoisotopic (exact) mass is 234 g/mol. The molecule has 0 fully saturated rings. The lowest BCUT2D eigenvalue weighted by molar-refractivity contribution is 0.685. The first-order chi connectivity index (χ1) is 8.15. The van der Waals surface area contributed by atoms with Crippen LogP contribution in [0, 0.1) is 6.92 Å². The Balaban J connectivity index is 2.43. The predicted octanol–water partition coefficient (Wildman–Crippen LogP) is 4.05. The molecule has 1 N–H and O–H groups in total. The van der Waals surface area contributed by atoms with E-state index in [0.717, 1.165) is 6.54 Å². The van der Waals surface area contributed by atoms with Gasteiger partial charge in [-0.25, -0.2) is 0 Å². The average Bonchev–Trinajstić information content (AvgIpc) is 2.30. The summed E-state index contributed by atoms with van der Waals surface area (Å²) in [6.45, 7) is 5.50. The molecule has 0 aliphatic carbocycles. The van der Waals surface area contributed by atoms with Crippen molar-refractivity contribution in [3.8, 4) is 0 Å². The second-order valence-corrected chi connectivity index (χ2v) is 4.88. The van der Waals surface area contributed by atoms with Crippen LogP contribution >= 0.6 is 0 Å². The number of nitrogens with one attached hydrogen (secondary N) is 1. The van der Waals surface area contributed by atoms with Crippen LogP contribution in [-0.4, -0.2) is 20.6 Å². The lowest BCUT2D eigenvalue weighted by Crippen LogP contribution is -2.09. The minimum atomic E-state index is 1.09. The van der Waals surface area contributed by atoms with Crippen LogP contribution in [0.3, 0.4) is 0 Å². The number of aryl methyl sites for hydroxylation is 1. The molecule has 1 rings (SSSR count). The second kappa shape index (κ2) is 7.21. The lowest BCUT2D eigenvalue weighted by atomic mass is 10.1. The number of anilines is 2. The van der Waals surface area contributed by atoms with Crippen LogP contribution in [0.5, 0.6) is 0 Å². The number of nitrogens with zero attached hydrogens (tertiary/aromatic N) is 1. The zero-order valence-corrected chi connectivity index (χ0v) is 11.7. The fourth-order valence-corrected chi connectivity index (χ4v) is 1.90. The molecule has 0 saturated carbocycles. The first-order valence-electron chi connectivity index (χ1n) is 6.67. The summed E-state index contributed by atoms with van der Waals surface area (Å²) in [6, 6.07) is 6.58. The van der Waals surface area contributed by atoms with Crippen LogP contribution < -0.4 is 10.2 Å². The fraction of sp³-hybridized carbons (Fsp3) is 0.600. The van der Waals surface area contributed by atoms with E-state index in [1.165, 1.54) is 42.6 Å². The van der Waals surface area contributed by atoms with E-state index in [1.54, 1.807) is 0 Å². The van der Waals surface area contributed by atoms with E-state index in [0.29, 0.717) is 0 Å². The predicted molar refractivity (Wildman–Crippen MR) is 78.1 cm³/mol. The van der Waals surface area contributed by atoms with Crippen LogP contribution in [-0.2, 0) is 0 Å². The van der Waals surface area contributed by atoms with Gasteiger partial charge in [0, 0.05) is 32.0 Å². The van der Waals surface area contributed by atoms with E-state index < -0.39 is 0 Å². The van der Waals surface area contributed by atoms with Gasteiger partial charge in [0.2, 0.25) is 0 Å². The smallest absolute Gasteiger partial charge is 0.0371 e. The highest BCUT2D eigenvalue weighted by molar-refractivity contribution is 5.59. The first kappa shape index (κ1) is 13.9. The topological polar surface area (TPSA) is 15.3 Å². The first-order valence-corrected chi connectivity index (χ1v) is 6.67. The van der Waals surface area contributed by atoms with Gasteiger partial charge in [0.15, 0.2) is 0 Å². The molecule has 17 heavy (non-hydrogen) atoms. The fourth-order valence-electron chi connectivity index (χ4n) is 1.90. The van der Waals surface area contributed by atoms with Crippen molar-refractivity contribution in [3.63, 3.8) is 0 Å². The molecule has 2 heteroatoms. The summed E-state index contributed by atoms with van der Waals surface area (Å²) < 4.78 is 0. The lowest BCUT2D eigenvalue weighted by Gasteiger charge is -2.16. The highest BCUT2D eigenvalue weighted by Crippen LogP contribution is 2.21.